The van der Waals surface area contributed by atoms with E-state index >= 15 is 4.39 Å². The molecule has 1 aromatic heterocycles. The molecule has 2 saturated heterocycles. The van der Waals surface area contributed by atoms with E-state index in [2.05, 4.69) is 9.97 Å². The van der Waals surface area contributed by atoms with E-state index in [9.17, 15) is 8.42 Å². The van der Waals surface area contributed by atoms with E-state index in [0.717, 1.165) is 15.2 Å². The molecule has 0 bridgehead atoms. The van der Waals surface area contributed by atoms with Crippen LogP contribution in [-0.4, -0.2) is 75.0 Å². The number of hydrogen-bond donors (Lipinski definition) is 0. The average Bonchev–Trinajstić information content (AvgIpc) is 3.30. The standard InChI is InChI=1S/C23H25FN4O5S/c1-31-19-8-7-17(13-20(19)32-2)34(29,30)28-11-12-33-23(28)9-10-27(15-21(23)24)22-25-14-16-5-3-4-6-18(16)26-22/h3-8,13-14,21H,9-12,15H2,1-2H3. The van der Waals surface area contributed by atoms with Crippen molar-refractivity contribution in [1.29, 1.82) is 0 Å². The zero-order valence-corrected chi connectivity index (χ0v) is 19.7. The molecule has 3 heterocycles. The minimum Gasteiger partial charge on any atom is -0.493 e. The summed E-state index contributed by atoms with van der Waals surface area (Å²) in [6.45, 7) is 0.427. The van der Waals surface area contributed by atoms with Gasteiger partial charge in [0.05, 0.1) is 37.8 Å². The maximum atomic E-state index is 15.8. The summed E-state index contributed by atoms with van der Waals surface area (Å²) < 4.78 is 60.3. The second kappa shape index (κ2) is 8.64. The molecular formula is C23H25FN4O5S. The van der Waals surface area contributed by atoms with Crippen molar-refractivity contribution in [2.45, 2.75) is 23.2 Å². The number of halogens is 1. The number of aromatic nitrogens is 2. The lowest BCUT2D eigenvalue weighted by atomic mass is 9.99. The number of methoxy groups -OCH3 is 2. The van der Waals surface area contributed by atoms with Crippen molar-refractivity contribution < 1.29 is 27.0 Å². The van der Waals surface area contributed by atoms with Gasteiger partial charge in [-0.1, -0.05) is 18.2 Å². The Morgan fingerprint density at radius 3 is 2.68 bits per heavy atom. The summed E-state index contributed by atoms with van der Waals surface area (Å²) in [5.74, 6) is 1.09. The van der Waals surface area contributed by atoms with E-state index in [-0.39, 0.29) is 36.8 Å². The number of fused-ring (bicyclic) bond motifs is 1. The monoisotopic (exact) mass is 488 g/mol. The Morgan fingerprint density at radius 1 is 1.12 bits per heavy atom. The summed E-state index contributed by atoms with van der Waals surface area (Å²) in [6, 6.07) is 11.9. The average molecular weight is 489 g/mol. The predicted octanol–water partition coefficient (Wildman–Crippen LogP) is 2.61. The molecule has 0 N–H and O–H groups in total. The van der Waals surface area contributed by atoms with E-state index < -0.39 is 21.9 Å². The van der Waals surface area contributed by atoms with E-state index in [0.29, 0.717) is 18.2 Å². The number of ether oxygens (including phenoxy) is 3. The predicted molar refractivity (Wildman–Crippen MR) is 123 cm³/mol. The quantitative estimate of drug-likeness (QED) is 0.541. The van der Waals surface area contributed by atoms with Crippen LogP contribution < -0.4 is 14.4 Å². The van der Waals surface area contributed by atoms with Gasteiger partial charge >= 0.3 is 0 Å². The first-order chi connectivity index (χ1) is 16.4. The zero-order valence-electron chi connectivity index (χ0n) is 18.8. The highest BCUT2D eigenvalue weighted by molar-refractivity contribution is 7.89. The zero-order chi connectivity index (χ0) is 23.9. The third-order valence-corrected chi connectivity index (χ3v) is 8.30. The Bertz CT molecular complexity index is 1320. The topological polar surface area (TPSA) is 94.1 Å². The molecule has 2 aliphatic rings. The summed E-state index contributed by atoms with van der Waals surface area (Å²) in [7, 11) is -1.17. The molecule has 2 aromatic carbocycles. The molecule has 0 radical (unpaired) electrons. The second-order valence-electron chi connectivity index (χ2n) is 8.18. The third-order valence-electron chi connectivity index (χ3n) is 6.38. The van der Waals surface area contributed by atoms with Crippen LogP contribution in [0.3, 0.4) is 0 Å². The van der Waals surface area contributed by atoms with Crippen LogP contribution in [0.1, 0.15) is 6.42 Å². The lowest BCUT2D eigenvalue weighted by Crippen LogP contribution is -2.62. The number of piperidine rings is 1. The fourth-order valence-corrected chi connectivity index (χ4v) is 6.34. The molecule has 3 aromatic rings. The lowest BCUT2D eigenvalue weighted by Gasteiger charge is -2.45. The lowest BCUT2D eigenvalue weighted by molar-refractivity contribution is -0.116. The number of hydrogen-bond acceptors (Lipinski definition) is 8. The van der Waals surface area contributed by atoms with Crippen molar-refractivity contribution in [3.8, 4) is 11.5 Å². The Hall–Kier alpha value is -3.02. The van der Waals surface area contributed by atoms with Crippen LogP contribution in [-0.2, 0) is 14.8 Å². The van der Waals surface area contributed by atoms with Gasteiger partial charge in [-0.15, -0.1) is 0 Å². The molecule has 0 saturated carbocycles. The second-order valence-corrected chi connectivity index (χ2v) is 10.0. The normalized spacial score (nSPS) is 23.5. The molecule has 0 aliphatic carbocycles. The number of para-hydroxylation sites is 1. The van der Waals surface area contributed by atoms with Gasteiger partial charge < -0.3 is 19.1 Å². The molecule has 34 heavy (non-hydrogen) atoms. The van der Waals surface area contributed by atoms with Crippen molar-refractivity contribution in [3.05, 3.63) is 48.7 Å². The Balaban J connectivity index is 1.42. The number of alkyl halides is 1. The Labute approximate surface area is 197 Å². The maximum absolute atomic E-state index is 15.8. The van der Waals surface area contributed by atoms with Crippen molar-refractivity contribution in [1.82, 2.24) is 14.3 Å². The molecule has 5 rings (SSSR count). The molecule has 2 fully saturated rings. The summed E-state index contributed by atoms with van der Waals surface area (Å²) in [4.78, 5) is 10.6. The molecule has 2 unspecified atom stereocenters. The molecule has 180 valence electrons. The molecule has 11 heteroatoms. The summed E-state index contributed by atoms with van der Waals surface area (Å²) >= 11 is 0. The molecule has 9 nitrogen and oxygen atoms in total. The van der Waals surface area contributed by atoms with Gasteiger partial charge in [-0.05, 0) is 18.2 Å². The van der Waals surface area contributed by atoms with Crippen molar-refractivity contribution in [2.75, 3.05) is 45.4 Å². The van der Waals surface area contributed by atoms with Gasteiger partial charge in [-0.3, -0.25) is 0 Å². The van der Waals surface area contributed by atoms with Gasteiger partial charge in [0, 0.05) is 37.2 Å². The highest BCUT2D eigenvalue weighted by Gasteiger charge is 2.57. The smallest absolute Gasteiger partial charge is 0.245 e. The van der Waals surface area contributed by atoms with Crippen LogP contribution >= 0.6 is 0 Å². The van der Waals surface area contributed by atoms with Crippen LogP contribution in [0.4, 0.5) is 10.3 Å². The summed E-state index contributed by atoms with van der Waals surface area (Å²) in [6.07, 6.45) is 0.236. The first-order valence-electron chi connectivity index (χ1n) is 10.9. The van der Waals surface area contributed by atoms with Crippen molar-refractivity contribution in [3.63, 3.8) is 0 Å². The van der Waals surface area contributed by atoms with E-state index in [4.69, 9.17) is 14.2 Å². The number of rotatable bonds is 5. The summed E-state index contributed by atoms with van der Waals surface area (Å²) in [5.41, 5.74) is -0.822. The highest BCUT2D eigenvalue weighted by Crippen LogP contribution is 2.41. The largest absolute Gasteiger partial charge is 0.493 e. The maximum Gasteiger partial charge on any atom is 0.245 e. The van der Waals surface area contributed by atoms with Gasteiger partial charge in [0.15, 0.2) is 23.4 Å². The Kier molecular flexibility index (Phi) is 5.78. The van der Waals surface area contributed by atoms with Gasteiger partial charge in [0.2, 0.25) is 16.0 Å². The number of nitrogens with zero attached hydrogens (tertiary/aromatic N) is 4. The minimum absolute atomic E-state index is 0.0116. The molecule has 2 atom stereocenters. The van der Waals surface area contributed by atoms with Crippen molar-refractivity contribution >= 4 is 26.9 Å². The summed E-state index contributed by atoms with van der Waals surface area (Å²) in [5, 5.41) is 0.892. The van der Waals surface area contributed by atoms with Crippen LogP contribution in [0.5, 0.6) is 11.5 Å². The fourth-order valence-electron chi connectivity index (χ4n) is 4.61. The van der Waals surface area contributed by atoms with E-state index in [1.54, 1.807) is 11.1 Å². The SMILES string of the molecule is COc1ccc(S(=O)(=O)N2CCOC23CCN(c2ncc4ccccc4n2)CC3F)cc1OC. The molecular weight excluding hydrogens is 463 g/mol. The van der Waals surface area contributed by atoms with Gasteiger partial charge in [-0.2, -0.15) is 4.31 Å². The Morgan fingerprint density at radius 2 is 1.91 bits per heavy atom. The first kappa shape index (κ1) is 22.8. The number of benzene rings is 2. The molecule has 1 spiro atoms. The number of sulfonamides is 1. The van der Waals surface area contributed by atoms with E-state index in [1.807, 2.05) is 24.3 Å². The highest BCUT2D eigenvalue weighted by atomic mass is 32.2. The van der Waals surface area contributed by atoms with Crippen LogP contribution in [0.25, 0.3) is 10.9 Å². The first-order valence-corrected chi connectivity index (χ1v) is 12.3. The van der Waals surface area contributed by atoms with Crippen LogP contribution in [0, 0.1) is 0 Å². The van der Waals surface area contributed by atoms with Crippen molar-refractivity contribution in [2.24, 2.45) is 0 Å². The molecule has 2 aliphatic heterocycles. The number of anilines is 1. The van der Waals surface area contributed by atoms with Crippen LogP contribution in [0.2, 0.25) is 0 Å². The third kappa shape index (κ3) is 3.64. The van der Waals surface area contributed by atoms with Gasteiger partial charge in [-0.25, -0.2) is 22.8 Å². The molecule has 0 amide bonds. The van der Waals surface area contributed by atoms with E-state index in [1.165, 1.54) is 32.4 Å². The van der Waals surface area contributed by atoms with Gasteiger partial charge in [0.25, 0.3) is 0 Å². The van der Waals surface area contributed by atoms with Crippen LogP contribution in [0.15, 0.2) is 53.6 Å². The van der Waals surface area contributed by atoms with Gasteiger partial charge in [0.1, 0.15) is 0 Å². The fraction of sp³-hybridized carbons (Fsp3) is 0.391. The minimum atomic E-state index is -4.07.